The maximum atomic E-state index is 12.2. The van der Waals surface area contributed by atoms with Crippen molar-refractivity contribution in [3.05, 3.63) is 29.3 Å². The number of hydrogen-bond acceptors (Lipinski definition) is 3. The van der Waals surface area contributed by atoms with Crippen LogP contribution in [0.25, 0.3) is 0 Å². The van der Waals surface area contributed by atoms with Gasteiger partial charge in [-0.2, -0.15) is 0 Å². The van der Waals surface area contributed by atoms with Crippen LogP contribution in [0.2, 0.25) is 0 Å². The Hall–Kier alpha value is -1.55. The quantitative estimate of drug-likeness (QED) is 0.877. The molecule has 0 bridgehead atoms. The smallest absolute Gasteiger partial charge is 0.255 e. The second-order valence-corrected chi connectivity index (χ2v) is 5.83. The third-order valence-corrected chi connectivity index (χ3v) is 3.47. The SMILES string of the molecule is CC1Oc2c(C(=O)NCC(C)(C)O)cccc2C1C. The van der Waals surface area contributed by atoms with Gasteiger partial charge in [-0.25, -0.2) is 0 Å². The van der Waals surface area contributed by atoms with E-state index in [9.17, 15) is 9.90 Å². The van der Waals surface area contributed by atoms with Crippen LogP contribution < -0.4 is 10.1 Å². The van der Waals surface area contributed by atoms with Gasteiger partial charge in [0.25, 0.3) is 5.91 Å². The first-order chi connectivity index (χ1) is 8.79. The maximum absolute atomic E-state index is 12.2. The number of benzene rings is 1. The molecule has 4 heteroatoms. The minimum atomic E-state index is -0.922. The second-order valence-electron chi connectivity index (χ2n) is 5.83. The van der Waals surface area contributed by atoms with E-state index in [1.165, 1.54) is 0 Å². The minimum Gasteiger partial charge on any atom is -0.489 e. The van der Waals surface area contributed by atoms with Gasteiger partial charge in [-0.3, -0.25) is 4.79 Å². The molecule has 0 radical (unpaired) electrons. The largest absolute Gasteiger partial charge is 0.489 e. The Morgan fingerprint density at radius 1 is 1.42 bits per heavy atom. The van der Waals surface area contributed by atoms with E-state index in [-0.39, 0.29) is 24.5 Å². The molecule has 0 saturated heterocycles. The van der Waals surface area contributed by atoms with E-state index in [4.69, 9.17) is 4.74 Å². The lowest BCUT2D eigenvalue weighted by molar-refractivity contribution is 0.0692. The van der Waals surface area contributed by atoms with Crippen LogP contribution in [0, 0.1) is 0 Å². The first-order valence-electron chi connectivity index (χ1n) is 6.60. The molecule has 2 unspecified atom stereocenters. The fraction of sp³-hybridized carbons (Fsp3) is 0.533. The molecule has 19 heavy (non-hydrogen) atoms. The highest BCUT2D eigenvalue weighted by molar-refractivity contribution is 5.97. The summed E-state index contributed by atoms with van der Waals surface area (Å²) in [5.74, 6) is 0.757. The number of fused-ring (bicyclic) bond motifs is 1. The van der Waals surface area contributed by atoms with Gasteiger partial charge in [0.1, 0.15) is 11.9 Å². The van der Waals surface area contributed by atoms with Crippen LogP contribution in [0.3, 0.4) is 0 Å². The highest BCUT2D eigenvalue weighted by Crippen LogP contribution is 2.40. The summed E-state index contributed by atoms with van der Waals surface area (Å²) in [5.41, 5.74) is 0.691. The molecule has 0 saturated carbocycles. The number of carbonyl (C=O) groups is 1. The molecule has 1 heterocycles. The molecule has 1 aliphatic rings. The molecule has 1 amide bonds. The molecule has 2 rings (SSSR count). The van der Waals surface area contributed by atoms with Crippen LogP contribution in [0.15, 0.2) is 18.2 Å². The summed E-state index contributed by atoms with van der Waals surface area (Å²) in [5, 5.41) is 12.4. The van der Waals surface area contributed by atoms with E-state index in [0.717, 1.165) is 5.56 Å². The van der Waals surface area contributed by atoms with Crippen molar-refractivity contribution in [3.8, 4) is 5.75 Å². The van der Waals surface area contributed by atoms with Crippen molar-refractivity contribution in [2.45, 2.75) is 45.3 Å². The minimum absolute atomic E-state index is 0.0817. The third-order valence-electron chi connectivity index (χ3n) is 3.47. The Balaban J connectivity index is 2.21. The molecule has 1 aromatic rings. The van der Waals surface area contributed by atoms with Crippen molar-refractivity contribution >= 4 is 5.91 Å². The van der Waals surface area contributed by atoms with Crippen LogP contribution in [0.4, 0.5) is 0 Å². The Morgan fingerprint density at radius 3 is 2.74 bits per heavy atom. The molecular formula is C15H21NO3. The van der Waals surface area contributed by atoms with Crippen molar-refractivity contribution in [3.63, 3.8) is 0 Å². The molecule has 1 aromatic carbocycles. The monoisotopic (exact) mass is 263 g/mol. The summed E-state index contributed by atoms with van der Waals surface area (Å²) >= 11 is 0. The number of nitrogens with one attached hydrogen (secondary N) is 1. The van der Waals surface area contributed by atoms with Crippen LogP contribution in [-0.4, -0.2) is 29.3 Å². The van der Waals surface area contributed by atoms with Crippen LogP contribution in [-0.2, 0) is 0 Å². The third kappa shape index (κ3) is 2.89. The van der Waals surface area contributed by atoms with Gasteiger partial charge >= 0.3 is 0 Å². The number of rotatable bonds is 3. The van der Waals surface area contributed by atoms with Gasteiger partial charge in [0.2, 0.25) is 0 Å². The number of amides is 1. The van der Waals surface area contributed by atoms with E-state index >= 15 is 0 Å². The van der Waals surface area contributed by atoms with E-state index in [0.29, 0.717) is 11.3 Å². The summed E-state index contributed by atoms with van der Waals surface area (Å²) in [4.78, 5) is 12.2. The summed E-state index contributed by atoms with van der Waals surface area (Å²) < 4.78 is 5.78. The fourth-order valence-electron chi connectivity index (χ4n) is 2.16. The molecular weight excluding hydrogens is 242 g/mol. The predicted molar refractivity (Wildman–Crippen MR) is 73.6 cm³/mol. The highest BCUT2D eigenvalue weighted by Gasteiger charge is 2.31. The Kier molecular flexibility index (Phi) is 3.54. The molecule has 2 atom stereocenters. The lowest BCUT2D eigenvalue weighted by Crippen LogP contribution is -2.38. The molecule has 0 aromatic heterocycles. The van der Waals surface area contributed by atoms with Crippen molar-refractivity contribution in [1.29, 1.82) is 0 Å². The average molecular weight is 263 g/mol. The van der Waals surface area contributed by atoms with Crippen molar-refractivity contribution < 1.29 is 14.6 Å². The topological polar surface area (TPSA) is 58.6 Å². The number of aliphatic hydroxyl groups is 1. The summed E-state index contributed by atoms with van der Waals surface area (Å²) in [6.07, 6.45) is 0.0817. The zero-order valence-corrected chi connectivity index (χ0v) is 11.9. The zero-order chi connectivity index (χ0) is 14.2. The van der Waals surface area contributed by atoms with Gasteiger partial charge in [-0.15, -0.1) is 0 Å². The van der Waals surface area contributed by atoms with Crippen LogP contribution in [0.1, 0.15) is 49.5 Å². The Labute approximate surface area is 113 Å². The lowest BCUT2D eigenvalue weighted by atomic mass is 9.97. The molecule has 2 N–H and O–H groups in total. The second kappa shape index (κ2) is 4.85. The van der Waals surface area contributed by atoms with Gasteiger partial charge in [-0.1, -0.05) is 19.1 Å². The number of hydrogen-bond donors (Lipinski definition) is 2. The van der Waals surface area contributed by atoms with E-state index < -0.39 is 5.60 Å². The molecule has 0 aliphatic carbocycles. The summed E-state index contributed by atoms with van der Waals surface area (Å²) in [6, 6.07) is 5.62. The van der Waals surface area contributed by atoms with Gasteiger partial charge in [0, 0.05) is 18.0 Å². The van der Waals surface area contributed by atoms with E-state index in [1.807, 2.05) is 19.1 Å². The van der Waals surface area contributed by atoms with Crippen molar-refractivity contribution in [1.82, 2.24) is 5.32 Å². The number of ether oxygens (including phenoxy) is 1. The first-order valence-corrected chi connectivity index (χ1v) is 6.60. The van der Waals surface area contributed by atoms with Crippen LogP contribution >= 0.6 is 0 Å². The Bertz CT molecular complexity index is 491. The molecule has 0 fully saturated rings. The predicted octanol–water partition coefficient (Wildman–Crippen LogP) is 2.07. The molecule has 4 nitrogen and oxygen atoms in total. The van der Waals surface area contributed by atoms with Gasteiger partial charge in [-0.05, 0) is 26.8 Å². The Morgan fingerprint density at radius 2 is 2.11 bits per heavy atom. The zero-order valence-electron chi connectivity index (χ0n) is 11.9. The maximum Gasteiger partial charge on any atom is 0.255 e. The van der Waals surface area contributed by atoms with Gasteiger partial charge in [0.15, 0.2) is 0 Å². The first kappa shape index (κ1) is 13.9. The summed E-state index contributed by atoms with van der Waals surface area (Å²) in [6.45, 7) is 7.62. The number of carbonyl (C=O) groups excluding carboxylic acids is 1. The van der Waals surface area contributed by atoms with Gasteiger partial charge < -0.3 is 15.2 Å². The summed E-state index contributed by atoms with van der Waals surface area (Å²) in [7, 11) is 0. The van der Waals surface area contributed by atoms with Crippen molar-refractivity contribution in [2.24, 2.45) is 0 Å². The van der Waals surface area contributed by atoms with Crippen molar-refractivity contribution in [2.75, 3.05) is 6.54 Å². The standard InChI is InChI=1S/C15H21NO3/c1-9-10(2)19-13-11(9)6-5-7-12(13)14(17)16-8-15(3,4)18/h5-7,9-10,18H,8H2,1-4H3,(H,16,17). The molecule has 104 valence electrons. The van der Waals surface area contributed by atoms with Gasteiger partial charge in [0.05, 0.1) is 11.2 Å². The molecule has 1 aliphatic heterocycles. The average Bonchev–Trinajstić information content (AvgIpc) is 2.62. The lowest BCUT2D eigenvalue weighted by Gasteiger charge is -2.18. The van der Waals surface area contributed by atoms with Crippen LogP contribution in [0.5, 0.6) is 5.75 Å². The highest BCUT2D eigenvalue weighted by atomic mass is 16.5. The normalized spacial score (nSPS) is 21.7. The van der Waals surface area contributed by atoms with E-state index in [1.54, 1.807) is 19.9 Å². The molecule has 0 spiro atoms. The fourth-order valence-corrected chi connectivity index (χ4v) is 2.16. The number of para-hydroxylation sites is 1. The van der Waals surface area contributed by atoms with E-state index in [2.05, 4.69) is 12.2 Å².